The van der Waals surface area contributed by atoms with Gasteiger partial charge in [0.2, 0.25) is 0 Å². The largest absolute Gasteiger partial charge is 0.497 e. The average molecular weight is 283 g/mol. The Labute approximate surface area is 116 Å². The Bertz CT molecular complexity index is 493. The van der Waals surface area contributed by atoms with Crippen molar-refractivity contribution in [3.8, 4) is 5.75 Å². The quantitative estimate of drug-likeness (QED) is 0.909. The maximum Gasteiger partial charge on any atom is 0.118 e. The fourth-order valence-electron chi connectivity index (χ4n) is 1.79. The highest BCUT2D eigenvalue weighted by molar-refractivity contribution is 7.10. The molecule has 0 saturated carbocycles. The first-order valence-electron chi connectivity index (χ1n) is 5.72. The normalized spacial score (nSPS) is 12.4. The minimum Gasteiger partial charge on any atom is -0.497 e. The lowest BCUT2D eigenvalue weighted by atomic mass is 10.1. The summed E-state index contributed by atoms with van der Waals surface area (Å²) in [6, 6.07) is 9.61. The number of methoxy groups -OCH3 is 1. The first kappa shape index (κ1) is 13.4. The highest BCUT2D eigenvalue weighted by atomic mass is 35.5. The summed E-state index contributed by atoms with van der Waals surface area (Å²) in [4.78, 5) is 1.04. The molecule has 1 unspecified atom stereocenters. The zero-order valence-electron chi connectivity index (χ0n) is 10.1. The van der Waals surface area contributed by atoms with E-state index < -0.39 is 6.10 Å². The summed E-state index contributed by atoms with van der Waals surface area (Å²) < 4.78 is 5.10. The van der Waals surface area contributed by atoms with E-state index in [0.29, 0.717) is 12.8 Å². The van der Waals surface area contributed by atoms with Gasteiger partial charge in [0.25, 0.3) is 0 Å². The van der Waals surface area contributed by atoms with Crippen LogP contribution >= 0.6 is 22.9 Å². The Balaban J connectivity index is 1.94. The lowest BCUT2D eigenvalue weighted by Gasteiger charge is -2.10. The van der Waals surface area contributed by atoms with E-state index in [4.69, 9.17) is 16.3 Å². The molecule has 96 valence electrons. The van der Waals surface area contributed by atoms with Crippen LogP contribution in [0.1, 0.15) is 10.4 Å². The molecule has 0 bridgehead atoms. The van der Waals surface area contributed by atoms with Crippen LogP contribution in [-0.4, -0.2) is 18.3 Å². The first-order chi connectivity index (χ1) is 8.69. The van der Waals surface area contributed by atoms with Crippen molar-refractivity contribution in [1.29, 1.82) is 0 Å². The Kier molecular flexibility index (Phi) is 4.64. The number of hydrogen-bond donors (Lipinski definition) is 1. The lowest BCUT2D eigenvalue weighted by Crippen LogP contribution is -2.13. The standard InChI is InChI=1S/C14H15ClO2S/c1-17-12-4-2-10(3-5-12)8-11(16)9-14-13(15)6-7-18-14/h2-7,11,16H,8-9H2,1H3. The second-order valence-electron chi connectivity index (χ2n) is 4.10. The summed E-state index contributed by atoms with van der Waals surface area (Å²) in [6.45, 7) is 0. The van der Waals surface area contributed by atoms with Crippen molar-refractivity contribution in [1.82, 2.24) is 0 Å². The van der Waals surface area contributed by atoms with Crippen molar-refractivity contribution in [2.24, 2.45) is 0 Å². The van der Waals surface area contributed by atoms with Crippen LogP contribution in [0.3, 0.4) is 0 Å². The van der Waals surface area contributed by atoms with Crippen LogP contribution in [0.25, 0.3) is 0 Å². The average Bonchev–Trinajstić information content (AvgIpc) is 2.76. The molecule has 2 aromatic rings. The molecule has 0 spiro atoms. The molecular formula is C14H15ClO2S. The summed E-state index contributed by atoms with van der Waals surface area (Å²) in [5.74, 6) is 0.828. The maximum absolute atomic E-state index is 10.0. The molecule has 1 aromatic heterocycles. The van der Waals surface area contributed by atoms with Crippen molar-refractivity contribution in [2.45, 2.75) is 18.9 Å². The lowest BCUT2D eigenvalue weighted by molar-refractivity contribution is 0.176. The number of ether oxygens (including phenoxy) is 1. The molecular weight excluding hydrogens is 268 g/mol. The topological polar surface area (TPSA) is 29.5 Å². The van der Waals surface area contributed by atoms with E-state index in [1.807, 2.05) is 35.7 Å². The van der Waals surface area contributed by atoms with Gasteiger partial charge >= 0.3 is 0 Å². The maximum atomic E-state index is 10.0. The van der Waals surface area contributed by atoms with E-state index in [1.54, 1.807) is 18.4 Å². The van der Waals surface area contributed by atoms with Gasteiger partial charge in [0.1, 0.15) is 5.75 Å². The molecule has 4 heteroatoms. The van der Waals surface area contributed by atoms with Gasteiger partial charge in [-0.25, -0.2) is 0 Å². The predicted octanol–water partition coefficient (Wildman–Crippen LogP) is 3.56. The van der Waals surface area contributed by atoms with Gasteiger partial charge in [-0.2, -0.15) is 0 Å². The van der Waals surface area contributed by atoms with Crippen molar-refractivity contribution >= 4 is 22.9 Å². The molecule has 2 rings (SSSR count). The smallest absolute Gasteiger partial charge is 0.118 e. The highest BCUT2D eigenvalue weighted by Gasteiger charge is 2.10. The van der Waals surface area contributed by atoms with Crippen LogP contribution in [-0.2, 0) is 12.8 Å². The molecule has 0 saturated heterocycles. The van der Waals surface area contributed by atoms with Crippen LogP contribution in [0, 0.1) is 0 Å². The van der Waals surface area contributed by atoms with E-state index in [9.17, 15) is 5.11 Å². The molecule has 0 aliphatic rings. The summed E-state index contributed by atoms with van der Waals surface area (Å²) in [5.41, 5.74) is 1.09. The summed E-state index contributed by atoms with van der Waals surface area (Å²) >= 11 is 7.59. The van der Waals surface area contributed by atoms with Gasteiger partial charge in [-0.05, 0) is 35.6 Å². The molecule has 0 radical (unpaired) electrons. The molecule has 2 nitrogen and oxygen atoms in total. The van der Waals surface area contributed by atoms with Crippen molar-refractivity contribution in [3.05, 3.63) is 51.2 Å². The molecule has 1 atom stereocenters. The Morgan fingerprint density at radius 3 is 2.50 bits per heavy atom. The minimum absolute atomic E-state index is 0.408. The molecule has 0 amide bonds. The SMILES string of the molecule is COc1ccc(CC(O)Cc2sccc2Cl)cc1. The number of aliphatic hydroxyl groups excluding tert-OH is 1. The van der Waals surface area contributed by atoms with Gasteiger partial charge in [0, 0.05) is 11.3 Å². The zero-order valence-corrected chi connectivity index (χ0v) is 11.7. The van der Waals surface area contributed by atoms with Crippen LogP contribution in [0.5, 0.6) is 5.75 Å². The Hall–Kier alpha value is -1.03. The van der Waals surface area contributed by atoms with E-state index in [1.165, 1.54) is 0 Å². The summed E-state index contributed by atoms with van der Waals surface area (Å²) in [5, 5.41) is 12.7. The number of benzene rings is 1. The highest BCUT2D eigenvalue weighted by Crippen LogP contribution is 2.24. The van der Waals surface area contributed by atoms with E-state index in [-0.39, 0.29) is 0 Å². The Morgan fingerprint density at radius 1 is 1.22 bits per heavy atom. The number of rotatable bonds is 5. The van der Waals surface area contributed by atoms with Gasteiger partial charge in [-0.15, -0.1) is 11.3 Å². The number of hydrogen-bond acceptors (Lipinski definition) is 3. The molecule has 0 aliphatic carbocycles. The van der Waals surface area contributed by atoms with Crippen molar-refractivity contribution in [2.75, 3.05) is 7.11 Å². The molecule has 1 N–H and O–H groups in total. The van der Waals surface area contributed by atoms with E-state index >= 15 is 0 Å². The van der Waals surface area contributed by atoms with Crippen LogP contribution in [0.4, 0.5) is 0 Å². The second kappa shape index (κ2) is 6.23. The third-order valence-corrected chi connectivity index (χ3v) is 4.15. The molecule has 1 heterocycles. The third kappa shape index (κ3) is 3.48. The monoisotopic (exact) mass is 282 g/mol. The third-order valence-electron chi connectivity index (χ3n) is 2.74. The summed E-state index contributed by atoms with van der Waals surface area (Å²) in [7, 11) is 1.64. The first-order valence-corrected chi connectivity index (χ1v) is 6.97. The van der Waals surface area contributed by atoms with Gasteiger partial charge in [0.05, 0.1) is 18.2 Å². The molecule has 1 aromatic carbocycles. The van der Waals surface area contributed by atoms with E-state index in [2.05, 4.69) is 0 Å². The molecule has 0 aliphatic heterocycles. The summed E-state index contributed by atoms with van der Waals surface area (Å²) in [6.07, 6.45) is 0.815. The van der Waals surface area contributed by atoms with Gasteiger partial charge < -0.3 is 9.84 Å². The second-order valence-corrected chi connectivity index (χ2v) is 5.51. The van der Waals surface area contributed by atoms with Gasteiger partial charge in [-0.1, -0.05) is 23.7 Å². The number of aliphatic hydroxyl groups is 1. The van der Waals surface area contributed by atoms with Crippen LogP contribution in [0.15, 0.2) is 35.7 Å². The molecule has 0 fully saturated rings. The number of thiophene rings is 1. The van der Waals surface area contributed by atoms with Crippen LogP contribution < -0.4 is 4.74 Å². The molecule has 18 heavy (non-hydrogen) atoms. The van der Waals surface area contributed by atoms with Crippen molar-refractivity contribution in [3.63, 3.8) is 0 Å². The fraction of sp³-hybridized carbons (Fsp3) is 0.286. The minimum atomic E-state index is -0.408. The van der Waals surface area contributed by atoms with Gasteiger partial charge in [-0.3, -0.25) is 0 Å². The zero-order chi connectivity index (χ0) is 13.0. The van der Waals surface area contributed by atoms with Gasteiger partial charge in [0.15, 0.2) is 0 Å². The number of halogens is 1. The fourth-order valence-corrected chi connectivity index (χ4v) is 2.98. The van der Waals surface area contributed by atoms with E-state index in [0.717, 1.165) is 21.2 Å². The predicted molar refractivity (Wildman–Crippen MR) is 75.7 cm³/mol. The van der Waals surface area contributed by atoms with Crippen LogP contribution in [0.2, 0.25) is 5.02 Å². The Morgan fingerprint density at radius 2 is 1.94 bits per heavy atom. The van der Waals surface area contributed by atoms with Crippen molar-refractivity contribution < 1.29 is 9.84 Å².